The fourth-order valence-electron chi connectivity index (χ4n) is 1.83. The van der Waals surface area contributed by atoms with Gasteiger partial charge in [0.15, 0.2) is 0 Å². The molecule has 0 aliphatic rings. The van der Waals surface area contributed by atoms with Crippen molar-refractivity contribution in [3.8, 4) is 0 Å². The first-order valence-electron chi connectivity index (χ1n) is 6.10. The molecule has 4 heteroatoms. The molecule has 1 aromatic heterocycles. The van der Waals surface area contributed by atoms with E-state index in [0.29, 0.717) is 10.6 Å². The largest absolute Gasteiger partial charge is 0.320 e. The lowest BCUT2D eigenvalue weighted by molar-refractivity contribution is 0.601. The highest BCUT2D eigenvalue weighted by Gasteiger charge is 2.20. The van der Waals surface area contributed by atoms with Gasteiger partial charge in [0.05, 0.1) is 6.04 Å². The lowest BCUT2D eigenvalue weighted by Gasteiger charge is -2.16. The smallest absolute Gasteiger partial charge is 0.129 e. The number of thiophene rings is 1. The van der Waals surface area contributed by atoms with Crippen molar-refractivity contribution in [2.75, 3.05) is 0 Å². The minimum absolute atomic E-state index is 0.0845. The molecule has 0 aliphatic carbocycles. The number of hydrogen-bond acceptors (Lipinski definition) is 2. The van der Waals surface area contributed by atoms with Crippen LogP contribution in [0.5, 0.6) is 0 Å². The Morgan fingerprint density at radius 1 is 1.21 bits per heavy atom. The van der Waals surface area contributed by atoms with Gasteiger partial charge in [0.25, 0.3) is 0 Å². The van der Waals surface area contributed by atoms with Crippen molar-refractivity contribution in [1.82, 2.24) is 0 Å². The second-order valence-corrected chi connectivity index (χ2v) is 7.15. The molecule has 2 N–H and O–H groups in total. The number of nitrogens with two attached hydrogens (primary N) is 1. The number of halogens is 2. The summed E-state index contributed by atoms with van der Waals surface area (Å²) in [5.74, 6) is -0.356. The molecule has 2 rings (SSSR count). The molecule has 0 spiro atoms. The molecule has 1 atom stereocenters. The molecule has 0 radical (unpaired) electrons. The van der Waals surface area contributed by atoms with Crippen LogP contribution in [0.15, 0.2) is 30.3 Å². The summed E-state index contributed by atoms with van der Waals surface area (Å²) in [6, 6.07) is 8.21. The van der Waals surface area contributed by atoms with Crippen molar-refractivity contribution in [2.45, 2.75) is 32.2 Å². The van der Waals surface area contributed by atoms with E-state index in [1.54, 1.807) is 23.5 Å². The van der Waals surface area contributed by atoms with Crippen LogP contribution in [-0.2, 0) is 5.41 Å². The van der Waals surface area contributed by atoms with Crippen molar-refractivity contribution in [3.05, 3.63) is 56.5 Å². The van der Waals surface area contributed by atoms with E-state index in [-0.39, 0.29) is 11.2 Å². The van der Waals surface area contributed by atoms with Crippen LogP contribution in [-0.4, -0.2) is 0 Å². The number of benzene rings is 1. The highest BCUT2D eigenvalue weighted by atomic mass is 35.5. The second kappa shape index (κ2) is 5.23. The van der Waals surface area contributed by atoms with E-state index in [0.717, 1.165) is 4.88 Å². The summed E-state index contributed by atoms with van der Waals surface area (Å²) in [5, 5.41) is 0.384. The van der Waals surface area contributed by atoms with E-state index in [2.05, 4.69) is 26.8 Å². The maximum absolute atomic E-state index is 13.9. The van der Waals surface area contributed by atoms with Gasteiger partial charge in [0, 0.05) is 20.3 Å². The molecule has 1 unspecified atom stereocenters. The molecular formula is C15H17ClFNS. The van der Waals surface area contributed by atoms with E-state index in [9.17, 15) is 4.39 Å². The Morgan fingerprint density at radius 3 is 2.42 bits per heavy atom. The second-order valence-electron chi connectivity index (χ2n) is 5.60. The predicted octanol–water partition coefficient (Wildman–Crippen LogP) is 4.89. The molecular weight excluding hydrogens is 281 g/mol. The van der Waals surface area contributed by atoms with Gasteiger partial charge in [-0.15, -0.1) is 11.3 Å². The van der Waals surface area contributed by atoms with Crippen LogP contribution in [0.4, 0.5) is 4.39 Å². The molecule has 0 fully saturated rings. The maximum Gasteiger partial charge on any atom is 0.129 e. The van der Waals surface area contributed by atoms with Crippen LogP contribution < -0.4 is 5.73 Å². The van der Waals surface area contributed by atoms with E-state index in [4.69, 9.17) is 17.3 Å². The Kier molecular flexibility index (Phi) is 4.00. The summed E-state index contributed by atoms with van der Waals surface area (Å²) in [6.07, 6.45) is 0. The summed E-state index contributed by atoms with van der Waals surface area (Å²) in [7, 11) is 0. The van der Waals surface area contributed by atoms with Gasteiger partial charge in [-0.25, -0.2) is 4.39 Å². The van der Waals surface area contributed by atoms with Crippen LogP contribution in [0.1, 0.15) is 42.1 Å². The minimum atomic E-state index is -0.446. The van der Waals surface area contributed by atoms with E-state index >= 15 is 0 Å². The molecule has 0 aliphatic heterocycles. The molecule has 0 saturated carbocycles. The average molecular weight is 298 g/mol. The Labute approximate surface area is 122 Å². The summed E-state index contributed by atoms with van der Waals surface area (Å²) < 4.78 is 13.9. The molecule has 2 aromatic rings. The van der Waals surface area contributed by atoms with Crippen molar-refractivity contribution >= 4 is 22.9 Å². The van der Waals surface area contributed by atoms with Gasteiger partial charge in [-0.05, 0) is 29.7 Å². The van der Waals surface area contributed by atoms with Gasteiger partial charge in [0.2, 0.25) is 0 Å². The molecule has 102 valence electrons. The molecule has 1 nitrogen and oxygen atoms in total. The third-order valence-electron chi connectivity index (χ3n) is 2.97. The summed E-state index contributed by atoms with van der Waals surface area (Å²) >= 11 is 7.38. The molecule has 0 amide bonds. The third-order valence-corrected chi connectivity index (χ3v) is 4.80. The SMILES string of the molecule is CC(C)(C)c1ccc(C(N)c2ccc(Cl)cc2F)s1. The lowest BCUT2D eigenvalue weighted by Crippen LogP contribution is -2.12. The zero-order valence-electron chi connectivity index (χ0n) is 11.2. The first-order chi connectivity index (χ1) is 8.79. The van der Waals surface area contributed by atoms with Crippen molar-refractivity contribution in [1.29, 1.82) is 0 Å². The Morgan fingerprint density at radius 2 is 1.89 bits per heavy atom. The van der Waals surface area contributed by atoms with Crippen molar-refractivity contribution in [2.24, 2.45) is 5.73 Å². The fraction of sp³-hybridized carbons (Fsp3) is 0.333. The van der Waals surface area contributed by atoms with Crippen LogP contribution in [0.25, 0.3) is 0 Å². The van der Waals surface area contributed by atoms with Crippen molar-refractivity contribution in [3.63, 3.8) is 0 Å². The van der Waals surface area contributed by atoms with Gasteiger partial charge < -0.3 is 5.73 Å². The Balaban J connectivity index is 2.34. The van der Waals surface area contributed by atoms with E-state index in [1.807, 2.05) is 6.07 Å². The lowest BCUT2D eigenvalue weighted by atomic mass is 9.95. The summed E-state index contributed by atoms with van der Waals surface area (Å²) in [5.41, 5.74) is 6.71. The van der Waals surface area contributed by atoms with Crippen LogP contribution in [0.2, 0.25) is 5.02 Å². The predicted molar refractivity (Wildman–Crippen MR) is 80.5 cm³/mol. The molecule has 1 heterocycles. The Bertz CT molecular complexity index is 586. The molecule has 0 saturated heterocycles. The number of rotatable bonds is 2. The highest BCUT2D eigenvalue weighted by molar-refractivity contribution is 7.12. The standard InChI is InChI=1S/C15H17ClFNS/c1-15(2,3)13-7-6-12(19-13)14(18)10-5-4-9(16)8-11(10)17/h4-8,14H,18H2,1-3H3. The minimum Gasteiger partial charge on any atom is -0.320 e. The molecule has 19 heavy (non-hydrogen) atoms. The first-order valence-corrected chi connectivity index (χ1v) is 7.29. The average Bonchev–Trinajstić information content (AvgIpc) is 2.76. The van der Waals surface area contributed by atoms with Crippen LogP contribution in [0, 0.1) is 5.82 Å². The van der Waals surface area contributed by atoms with Gasteiger partial charge in [-0.3, -0.25) is 0 Å². The van der Waals surface area contributed by atoms with Gasteiger partial charge in [-0.2, -0.15) is 0 Å². The quantitative estimate of drug-likeness (QED) is 0.839. The first kappa shape index (κ1) is 14.5. The number of hydrogen-bond donors (Lipinski definition) is 1. The Hall–Kier alpha value is -0.900. The topological polar surface area (TPSA) is 26.0 Å². The monoisotopic (exact) mass is 297 g/mol. The van der Waals surface area contributed by atoms with Crippen LogP contribution in [0.3, 0.4) is 0 Å². The maximum atomic E-state index is 13.9. The van der Waals surface area contributed by atoms with Crippen LogP contribution >= 0.6 is 22.9 Å². The van der Waals surface area contributed by atoms with Gasteiger partial charge in [-0.1, -0.05) is 38.4 Å². The summed E-state index contributed by atoms with van der Waals surface area (Å²) in [4.78, 5) is 2.21. The van der Waals surface area contributed by atoms with E-state index < -0.39 is 6.04 Å². The van der Waals surface area contributed by atoms with Gasteiger partial charge >= 0.3 is 0 Å². The molecule has 0 bridgehead atoms. The van der Waals surface area contributed by atoms with Gasteiger partial charge in [0.1, 0.15) is 5.82 Å². The third kappa shape index (κ3) is 3.16. The normalized spacial score (nSPS) is 13.6. The molecule has 1 aromatic carbocycles. The zero-order valence-corrected chi connectivity index (χ0v) is 12.8. The highest BCUT2D eigenvalue weighted by Crippen LogP contribution is 2.34. The fourth-order valence-corrected chi connectivity index (χ4v) is 3.08. The summed E-state index contributed by atoms with van der Waals surface area (Å²) in [6.45, 7) is 6.45. The van der Waals surface area contributed by atoms with Crippen molar-refractivity contribution < 1.29 is 4.39 Å². The zero-order chi connectivity index (χ0) is 14.2. The van der Waals surface area contributed by atoms with E-state index in [1.165, 1.54) is 10.9 Å².